The number of nitrogens with one attached hydrogen (secondary N) is 1. The first-order valence-electron chi connectivity index (χ1n) is 5.66. The van der Waals surface area contributed by atoms with Gasteiger partial charge in [0.15, 0.2) is 0 Å². The maximum atomic E-state index is 11.1. The molecule has 0 saturated carbocycles. The van der Waals surface area contributed by atoms with E-state index in [0.717, 1.165) is 16.5 Å². The van der Waals surface area contributed by atoms with Crippen molar-refractivity contribution in [1.29, 1.82) is 0 Å². The monoisotopic (exact) mass is 246 g/mol. The third-order valence-electron chi connectivity index (χ3n) is 2.85. The van der Waals surface area contributed by atoms with Crippen LogP contribution in [0.5, 0.6) is 0 Å². The summed E-state index contributed by atoms with van der Waals surface area (Å²) >= 11 is 0. The summed E-state index contributed by atoms with van der Waals surface area (Å²) in [5.41, 5.74) is 7.09. The van der Waals surface area contributed by atoms with Gasteiger partial charge in [-0.05, 0) is 42.0 Å². The van der Waals surface area contributed by atoms with Crippen LogP contribution in [-0.2, 0) is 11.2 Å². The second kappa shape index (κ2) is 5.01. The molecule has 4 N–H and O–H groups in total. The summed E-state index contributed by atoms with van der Waals surface area (Å²) in [5, 5.41) is 9.62. The molecule has 0 spiro atoms. The van der Waals surface area contributed by atoms with Gasteiger partial charge in [-0.25, -0.2) is 0 Å². The highest BCUT2D eigenvalue weighted by atomic mass is 16.4. The molecule has 0 bridgehead atoms. The lowest BCUT2D eigenvalue weighted by Gasteiger charge is -2.07. The van der Waals surface area contributed by atoms with Crippen LogP contribution in [0.4, 0.5) is 0 Å². The zero-order chi connectivity index (χ0) is 13.1. The first-order valence-corrected chi connectivity index (χ1v) is 5.66. The largest absolute Gasteiger partial charge is 0.480 e. The van der Waals surface area contributed by atoms with E-state index < -0.39 is 12.0 Å². The second-order valence-electron chi connectivity index (χ2n) is 4.23. The number of pyridine rings is 1. The van der Waals surface area contributed by atoms with Gasteiger partial charge in [0.25, 0.3) is 0 Å². The molecule has 1 atom stereocenters. The molecule has 0 fully saturated rings. The normalized spacial score (nSPS) is 12.5. The molecule has 1 aromatic heterocycles. The van der Waals surface area contributed by atoms with Crippen molar-refractivity contribution in [2.75, 3.05) is 0 Å². The van der Waals surface area contributed by atoms with E-state index in [1.54, 1.807) is 6.07 Å². The number of nitrogens with two attached hydrogens (primary N) is 1. The molecule has 1 heterocycles. The van der Waals surface area contributed by atoms with Gasteiger partial charge in [-0.2, -0.15) is 0 Å². The maximum Gasteiger partial charge on any atom is 0.320 e. The molecule has 0 aliphatic carbocycles. The van der Waals surface area contributed by atoms with Gasteiger partial charge in [0.05, 0.1) is 0 Å². The molecular formula is C13H14N2O3. The fourth-order valence-electron chi connectivity index (χ4n) is 1.80. The molecule has 0 amide bonds. The van der Waals surface area contributed by atoms with Crippen LogP contribution in [0.2, 0.25) is 0 Å². The molecular weight excluding hydrogens is 232 g/mol. The molecule has 2 rings (SSSR count). The van der Waals surface area contributed by atoms with Gasteiger partial charge >= 0.3 is 5.97 Å². The maximum absolute atomic E-state index is 11.1. The summed E-state index contributed by atoms with van der Waals surface area (Å²) < 4.78 is 0. The molecule has 5 heteroatoms. The first kappa shape index (κ1) is 12.3. The van der Waals surface area contributed by atoms with Gasteiger partial charge in [0, 0.05) is 11.6 Å². The minimum absolute atomic E-state index is 0.136. The SMILES string of the molecule is N[C@@H](CCc1ccc2[nH]c(=O)ccc2c1)C(=O)O. The predicted octanol–water partition coefficient (Wildman–Crippen LogP) is 0.873. The Kier molecular flexibility index (Phi) is 3.43. The van der Waals surface area contributed by atoms with E-state index in [0.29, 0.717) is 12.8 Å². The van der Waals surface area contributed by atoms with Gasteiger partial charge in [0.1, 0.15) is 6.04 Å². The molecule has 5 nitrogen and oxygen atoms in total. The Hall–Kier alpha value is -2.14. The van der Waals surface area contributed by atoms with E-state index in [9.17, 15) is 9.59 Å². The van der Waals surface area contributed by atoms with Crippen molar-refractivity contribution >= 4 is 16.9 Å². The number of carboxylic acid groups (broad SMARTS) is 1. The number of aromatic nitrogens is 1. The Morgan fingerprint density at radius 1 is 1.33 bits per heavy atom. The Labute approximate surface area is 103 Å². The van der Waals surface area contributed by atoms with E-state index in [1.807, 2.05) is 18.2 Å². The van der Waals surface area contributed by atoms with E-state index >= 15 is 0 Å². The van der Waals surface area contributed by atoms with E-state index in [-0.39, 0.29) is 5.56 Å². The minimum atomic E-state index is -0.986. The number of aliphatic carboxylic acids is 1. The topological polar surface area (TPSA) is 96.2 Å². The van der Waals surface area contributed by atoms with Gasteiger partial charge in [-0.3, -0.25) is 9.59 Å². The molecule has 94 valence electrons. The number of aromatic amines is 1. The van der Waals surface area contributed by atoms with Crippen molar-refractivity contribution in [3.63, 3.8) is 0 Å². The number of carbonyl (C=O) groups is 1. The van der Waals surface area contributed by atoms with Gasteiger partial charge < -0.3 is 15.8 Å². The lowest BCUT2D eigenvalue weighted by atomic mass is 10.0. The highest BCUT2D eigenvalue weighted by molar-refractivity contribution is 5.79. The number of carboxylic acids is 1. The van der Waals surface area contributed by atoms with Gasteiger partial charge in [0.2, 0.25) is 5.56 Å². The Morgan fingerprint density at radius 3 is 2.83 bits per heavy atom. The number of hydrogen-bond acceptors (Lipinski definition) is 3. The van der Waals surface area contributed by atoms with Crippen molar-refractivity contribution in [1.82, 2.24) is 4.98 Å². The average molecular weight is 246 g/mol. The summed E-state index contributed by atoms with van der Waals surface area (Å²) in [6.45, 7) is 0. The van der Waals surface area contributed by atoms with Crippen molar-refractivity contribution in [2.45, 2.75) is 18.9 Å². The third-order valence-corrected chi connectivity index (χ3v) is 2.85. The summed E-state index contributed by atoms with van der Waals surface area (Å²) in [6.07, 6.45) is 0.993. The van der Waals surface area contributed by atoms with Crippen LogP contribution in [0.3, 0.4) is 0 Å². The summed E-state index contributed by atoms with van der Waals surface area (Å²) in [4.78, 5) is 24.5. The van der Waals surface area contributed by atoms with Crippen LogP contribution in [0.1, 0.15) is 12.0 Å². The molecule has 18 heavy (non-hydrogen) atoms. The molecule has 1 aromatic carbocycles. The number of aryl methyl sites for hydroxylation is 1. The quantitative estimate of drug-likeness (QED) is 0.745. The molecule has 2 aromatic rings. The molecule has 0 aliphatic heterocycles. The van der Waals surface area contributed by atoms with E-state index in [2.05, 4.69) is 4.98 Å². The average Bonchev–Trinajstić information content (AvgIpc) is 2.35. The van der Waals surface area contributed by atoms with Crippen LogP contribution < -0.4 is 11.3 Å². The lowest BCUT2D eigenvalue weighted by molar-refractivity contribution is -0.138. The number of rotatable bonds is 4. The van der Waals surface area contributed by atoms with Crippen molar-refractivity contribution < 1.29 is 9.90 Å². The molecule has 0 saturated heterocycles. The standard InChI is InChI=1S/C13H14N2O3/c14-10(13(17)18)4-1-8-2-5-11-9(7-8)3-6-12(16)15-11/h2-3,5-7,10H,1,4,14H2,(H,15,16)(H,17,18)/t10-/m0/s1. The fraction of sp³-hybridized carbons (Fsp3) is 0.231. The van der Waals surface area contributed by atoms with Crippen LogP contribution in [0, 0.1) is 0 Å². The van der Waals surface area contributed by atoms with Crippen LogP contribution >= 0.6 is 0 Å². The Bertz CT molecular complexity index is 633. The fourth-order valence-corrected chi connectivity index (χ4v) is 1.80. The summed E-state index contributed by atoms with van der Waals surface area (Å²) in [5.74, 6) is -0.986. The second-order valence-corrected chi connectivity index (χ2v) is 4.23. The van der Waals surface area contributed by atoms with Crippen molar-refractivity contribution in [2.24, 2.45) is 5.73 Å². The zero-order valence-corrected chi connectivity index (χ0v) is 9.72. The van der Waals surface area contributed by atoms with Gasteiger partial charge in [-0.1, -0.05) is 6.07 Å². The van der Waals surface area contributed by atoms with Gasteiger partial charge in [-0.15, -0.1) is 0 Å². The van der Waals surface area contributed by atoms with Crippen LogP contribution in [0.15, 0.2) is 35.1 Å². The molecule has 0 radical (unpaired) electrons. The number of H-pyrrole nitrogens is 1. The zero-order valence-electron chi connectivity index (χ0n) is 9.72. The number of fused-ring (bicyclic) bond motifs is 1. The number of hydrogen-bond donors (Lipinski definition) is 3. The summed E-state index contributed by atoms with van der Waals surface area (Å²) in [6, 6.07) is 7.99. The van der Waals surface area contributed by atoms with Crippen LogP contribution in [0.25, 0.3) is 10.9 Å². The highest BCUT2D eigenvalue weighted by Gasteiger charge is 2.10. The smallest absolute Gasteiger partial charge is 0.320 e. The van der Waals surface area contributed by atoms with E-state index in [4.69, 9.17) is 10.8 Å². The Morgan fingerprint density at radius 2 is 2.11 bits per heavy atom. The first-order chi connectivity index (χ1) is 8.56. The van der Waals surface area contributed by atoms with Crippen molar-refractivity contribution in [3.8, 4) is 0 Å². The lowest BCUT2D eigenvalue weighted by Crippen LogP contribution is -2.30. The molecule has 0 aliphatic rings. The minimum Gasteiger partial charge on any atom is -0.480 e. The highest BCUT2D eigenvalue weighted by Crippen LogP contribution is 2.14. The Balaban J connectivity index is 2.18. The predicted molar refractivity (Wildman–Crippen MR) is 68.5 cm³/mol. The third kappa shape index (κ3) is 2.75. The number of benzene rings is 1. The van der Waals surface area contributed by atoms with E-state index in [1.165, 1.54) is 6.07 Å². The molecule has 0 unspecified atom stereocenters. The van der Waals surface area contributed by atoms with Crippen LogP contribution in [-0.4, -0.2) is 22.1 Å². The van der Waals surface area contributed by atoms with Crippen molar-refractivity contribution in [3.05, 3.63) is 46.2 Å². The summed E-state index contributed by atoms with van der Waals surface area (Å²) in [7, 11) is 0.